The highest BCUT2D eigenvalue weighted by Gasteiger charge is 2.17. The highest BCUT2D eigenvalue weighted by Crippen LogP contribution is 2.37. The molecule has 1 aliphatic heterocycles. The second-order valence-electron chi connectivity index (χ2n) is 6.42. The van der Waals surface area contributed by atoms with E-state index < -0.39 is 0 Å². The lowest BCUT2D eigenvalue weighted by molar-refractivity contribution is 0.171. The highest BCUT2D eigenvalue weighted by atomic mass is 16.6. The lowest BCUT2D eigenvalue weighted by Crippen LogP contribution is -2.15. The summed E-state index contributed by atoms with van der Waals surface area (Å²) in [4.78, 5) is 0. The molecular formula is C24H15NO2. The summed E-state index contributed by atoms with van der Waals surface area (Å²) >= 11 is 0. The third-order valence-corrected chi connectivity index (χ3v) is 4.88. The van der Waals surface area contributed by atoms with Crippen molar-refractivity contribution in [2.24, 2.45) is 0 Å². The van der Waals surface area contributed by atoms with Crippen molar-refractivity contribution < 1.29 is 9.47 Å². The number of aromatic nitrogens is 1. The summed E-state index contributed by atoms with van der Waals surface area (Å²) in [7, 11) is 0. The third kappa shape index (κ3) is 2.34. The van der Waals surface area contributed by atoms with E-state index in [9.17, 15) is 0 Å². The first-order valence-electron chi connectivity index (χ1n) is 8.70. The quantitative estimate of drug-likeness (QED) is 0.472. The Morgan fingerprint density at radius 3 is 1.89 bits per heavy atom. The average molecular weight is 349 g/mol. The maximum atomic E-state index is 5.77. The zero-order valence-electron chi connectivity index (χ0n) is 14.5. The Kier molecular flexibility index (Phi) is 3.35. The van der Waals surface area contributed by atoms with Crippen LogP contribution < -0.4 is 9.47 Å². The molecule has 1 aromatic heterocycles. The molecule has 27 heavy (non-hydrogen) atoms. The first kappa shape index (κ1) is 15.4. The molecule has 0 atom stereocenters. The summed E-state index contributed by atoms with van der Waals surface area (Å²) < 4.78 is 13.6. The van der Waals surface area contributed by atoms with E-state index in [4.69, 9.17) is 22.3 Å². The van der Waals surface area contributed by atoms with Gasteiger partial charge >= 0.3 is 0 Å². The number of benzene rings is 3. The fourth-order valence-corrected chi connectivity index (χ4v) is 3.65. The minimum atomic E-state index is 0.556. The van der Waals surface area contributed by atoms with Crippen LogP contribution in [0.5, 0.6) is 11.5 Å². The normalized spacial score (nSPS) is 12.7. The fourth-order valence-electron chi connectivity index (χ4n) is 3.65. The van der Waals surface area contributed by atoms with Crippen molar-refractivity contribution in [2.75, 3.05) is 13.2 Å². The van der Waals surface area contributed by atoms with Crippen molar-refractivity contribution in [3.05, 3.63) is 65.7 Å². The van der Waals surface area contributed by atoms with Crippen LogP contribution in [0.3, 0.4) is 0 Å². The third-order valence-electron chi connectivity index (χ3n) is 4.88. The molecule has 128 valence electrons. The van der Waals surface area contributed by atoms with Gasteiger partial charge in [0, 0.05) is 28.0 Å². The van der Waals surface area contributed by atoms with Crippen LogP contribution in [0.2, 0.25) is 0 Å². The molecule has 3 nitrogen and oxygen atoms in total. The van der Waals surface area contributed by atoms with Gasteiger partial charge in [0.05, 0.1) is 16.7 Å². The fraction of sp³-hybridized carbons (Fsp3) is 0.0833. The summed E-state index contributed by atoms with van der Waals surface area (Å²) in [6.07, 6.45) is 11.2. The van der Waals surface area contributed by atoms with E-state index >= 15 is 0 Å². The number of ether oxygens (including phenoxy) is 2. The molecular weight excluding hydrogens is 334 g/mol. The predicted molar refractivity (Wildman–Crippen MR) is 108 cm³/mol. The summed E-state index contributed by atoms with van der Waals surface area (Å²) in [6, 6.07) is 18.1. The van der Waals surface area contributed by atoms with Crippen molar-refractivity contribution in [1.82, 2.24) is 4.57 Å². The van der Waals surface area contributed by atoms with Crippen molar-refractivity contribution in [1.29, 1.82) is 0 Å². The molecule has 0 spiro atoms. The van der Waals surface area contributed by atoms with E-state index in [0.717, 1.165) is 50.1 Å². The van der Waals surface area contributed by atoms with Gasteiger partial charge < -0.3 is 14.0 Å². The molecule has 3 heteroatoms. The first-order chi connectivity index (χ1) is 13.3. The maximum Gasteiger partial charge on any atom is 0.163 e. The summed E-state index contributed by atoms with van der Waals surface area (Å²) in [6.45, 7) is 1.13. The van der Waals surface area contributed by atoms with E-state index in [1.807, 2.05) is 42.5 Å². The van der Waals surface area contributed by atoms with Crippen molar-refractivity contribution in [3.8, 4) is 41.9 Å². The van der Waals surface area contributed by atoms with Crippen LogP contribution in [0.4, 0.5) is 0 Å². The summed E-state index contributed by atoms with van der Waals surface area (Å²) in [5.41, 5.74) is 4.82. The largest absolute Gasteiger partial charge is 0.486 e. The molecule has 0 saturated heterocycles. The molecule has 0 unspecified atom stereocenters. The van der Waals surface area contributed by atoms with Gasteiger partial charge in [0.2, 0.25) is 0 Å². The van der Waals surface area contributed by atoms with Crippen LogP contribution in [0.1, 0.15) is 11.1 Å². The molecule has 0 fully saturated rings. The van der Waals surface area contributed by atoms with E-state index in [1.165, 1.54) is 0 Å². The molecule has 4 aromatic rings. The van der Waals surface area contributed by atoms with Gasteiger partial charge in [-0.2, -0.15) is 0 Å². The molecule has 2 heterocycles. The highest BCUT2D eigenvalue weighted by molar-refractivity contribution is 6.10. The zero-order chi connectivity index (χ0) is 18.4. The minimum absolute atomic E-state index is 0.556. The molecule has 1 aliphatic rings. The minimum Gasteiger partial charge on any atom is -0.486 e. The molecule has 0 N–H and O–H groups in total. The molecule has 0 saturated carbocycles. The molecule has 3 aromatic carbocycles. The van der Waals surface area contributed by atoms with Gasteiger partial charge in [-0.05, 0) is 48.5 Å². The Hall–Kier alpha value is -3.82. The second-order valence-corrected chi connectivity index (χ2v) is 6.42. The van der Waals surface area contributed by atoms with Gasteiger partial charge in [0.25, 0.3) is 0 Å². The number of hydrogen-bond acceptors (Lipinski definition) is 2. The topological polar surface area (TPSA) is 23.4 Å². The van der Waals surface area contributed by atoms with Gasteiger partial charge in [-0.1, -0.05) is 11.8 Å². The van der Waals surface area contributed by atoms with E-state index in [1.54, 1.807) is 0 Å². The maximum absolute atomic E-state index is 5.77. The van der Waals surface area contributed by atoms with Gasteiger partial charge in [0.15, 0.2) is 11.5 Å². The van der Waals surface area contributed by atoms with Crippen LogP contribution in [0.25, 0.3) is 27.5 Å². The number of rotatable bonds is 1. The van der Waals surface area contributed by atoms with Crippen LogP contribution in [0.15, 0.2) is 54.6 Å². The number of nitrogens with zero attached hydrogens (tertiary/aromatic N) is 1. The van der Waals surface area contributed by atoms with Crippen LogP contribution in [-0.4, -0.2) is 17.8 Å². The standard InChI is InChI=1S/C24H15NO2/c1-3-16-5-8-21-19(13-16)20-14-17(4-2)6-9-22(20)25(21)18-7-10-23-24(15-18)27-12-11-26-23/h1-2,5-10,13-15H,11-12H2. The smallest absolute Gasteiger partial charge is 0.163 e. The number of hydrogen-bond donors (Lipinski definition) is 0. The Balaban J connectivity index is 1.86. The molecule has 0 bridgehead atoms. The first-order valence-corrected chi connectivity index (χ1v) is 8.70. The lowest BCUT2D eigenvalue weighted by Gasteiger charge is -2.19. The Labute approximate surface area is 157 Å². The van der Waals surface area contributed by atoms with Crippen LogP contribution in [0, 0.1) is 24.7 Å². The lowest BCUT2D eigenvalue weighted by atomic mass is 10.1. The van der Waals surface area contributed by atoms with Gasteiger partial charge in [0.1, 0.15) is 13.2 Å². The van der Waals surface area contributed by atoms with Crippen LogP contribution in [-0.2, 0) is 0 Å². The van der Waals surface area contributed by atoms with Gasteiger partial charge in [-0.15, -0.1) is 12.8 Å². The van der Waals surface area contributed by atoms with Crippen LogP contribution >= 0.6 is 0 Å². The van der Waals surface area contributed by atoms with Crippen molar-refractivity contribution >= 4 is 21.8 Å². The molecule has 0 aliphatic carbocycles. The van der Waals surface area contributed by atoms with E-state index in [-0.39, 0.29) is 0 Å². The van der Waals surface area contributed by atoms with Gasteiger partial charge in [-0.3, -0.25) is 0 Å². The van der Waals surface area contributed by atoms with E-state index in [0.29, 0.717) is 13.2 Å². The predicted octanol–water partition coefficient (Wildman–Crippen LogP) is 4.52. The summed E-state index contributed by atoms with van der Waals surface area (Å²) in [5.74, 6) is 6.96. The monoisotopic (exact) mass is 349 g/mol. The second kappa shape index (κ2) is 5.87. The SMILES string of the molecule is C#Cc1ccc2c(c1)c1cc(C#C)ccc1n2-c1ccc2c(c1)OCCO2. The Morgan fingerprint density at radius 1 is 0.704 bits per heavy atom. The summed E-state index contributed by atoms with van der Waals surface area (Å²) in [5, 5.41) is 2.15. The van der Waals surface area contributed by atoms with Gasteiger partial charge in [-0.25, -0.2) is 0 Å². The molecule has 5 rings (SSSR count). The number of terminal acetylenes is 2. The molecule has 0 amide bonds. The Morgan fingerprint density at radius 2 is 1.30 bits per heavy atom. The average Bonchev–Trinajstić information content (AvgIpc) is 3.06. The van der Waals surface area contributed by atoms with Crippen molar-refractivity contribution in [2.45, 2.75) is 0 Å². The van der Waals surface area contributed by atoms with Crippen molar-refractivity contribution in [3.63, 3.8) is 0 Å². The number of fused-ring (bicyclic) bond motifs is 4. The zero-order valence-corrected chi connectivity index (χ0v) is 14.5. The van der Waals surface area contributed by atoms with E-state index in [2.05, 4.69) is 28.5 Å². The Bertz CT molecular complexity index is 1230. The molecule has 0 radical (unpaired) electrons.